The average Bonchev–Trinajstić information content (AvgIpc) is 2.96. The van der Waals surface area contributed by atoms with E-state index < -0.39 is 12.6 Å². The van der Waals surface area contributed by atoms with Crippen molar-refractivity contribution in [1.29, 1.82) is 0 Å². The highest BCUT2D eigenvalue weighted by atomic mass is 19.4. The zero-order valence-corrected chi connectivity index (χ0v) is 10.9. The number of aromatic nitrogens is 1. The number of hydrogen-bond donors (Lipinski definition) is 0. The van der Waals surface area contributed by atoms with Gasteiger partial charge in [0.25, 0.3) is 0 Å². The molecule has 0 saturated carbocycles. The van der Waals surface area contributed by atoms with Gasteiger partial charge in [0, 0.05) is 24.9 Å². The van der Waals surface area contributed by atoms with Gasteiger partial charge < -0.3 is 4.52 Å². The molecule has 3 nitrogen and oxygen atoms in total. The number of fused-ring (bicyclic) bond motifs is 1. The van der Waals surface area contributed by atoms with E-state index in [-0.39, 0.29) is 5.92 Å². The minimum atomic E-state index is -4.07. The topological polar surface area (TPSA) is 29.3 Å². The summed E-state index contributed by atoms with van der Waals surface area (Å²) in [6.45, 7) is 1.70. The molecule has 2 heterocycles. The summed E-state index contributed by atoms with van der Waals surface area (Å²) in [5, 5.41) is 4.96. The van der Waals surface area contributed by atoms with Crippen molar-refractivity contribution in [3.63, 3.8) is 0 Å². The molecule has 1 aromatic heterocycles. The second kappa shape index (κ2) is 5.09. The van der Waals surface area contributed by atoms with Crippen LogP contribution in [-0.2, 0) is 6.54 Å². The molecule has 0 bridgehead atoms. The van der Waals surface area contributed by atoms with Crippen molar-refractivity contribution in [3.8, 4) is 0 Å². The maximum absolute atomic E-state index is 12.4. The highest BCUT2D eigenvalue weighted by Gasteiger charge is 2.35. The molecule has 20 heavy (non-hydrogen) atoms. The smallest absolute Gasteiger partial charge is 0.356 e. The molecular formula is C14H15F3N2O. The van der Waals surface area contributed by atoms with E-state index in [1.807, 2.05) is 29.2 Å². The Morgan fingerprint density at radius 2 is 2.10 bits per heavy atom. The lowest BCUT2D eigenvalue weighted by Gasteiger charge is -2.15. The zero-order chi connectivity index (χ0) is 14.2. The van der Waals surface area contributed by atoms with E-state index >= 15 is 0 Å². The number of para-hydroxylation sites is 1. The summed E-state index contributed by atoms with van der Waals surface area (Å²) >= 11 is 0. The predicted molar refractivity (Wildman–Crippen MR) is 68.1 cm³/mol. The largest absolute Gasteiger partial charge is 0.389 e. The van der Waals surface area contributed by atoms with Crippen LogP contribution in [0.2, 0.25) is 0 Å². The summed E-state index contributed by atoms with van der Waals surface area (Å²) in [5.41, 5.74) is 1.52. The van der Waals surface area contributed by atoms with Crippen molar-refractivity contribution >= 4 is 11.0 Å². The first-order valence-electron chi connectivity index (χ1n) is 6.64. The van der Waals surface area contributed by atoms with Crippen LogP contribution in [0.15, 0.2) is 28.8 Å². The quantitative estimate of drug-likeness (QED) is 0.862. The van der Waals surface area contributed by atoms with Crippen molar-refractivity contribution in [2.45, 2.75) is 25.6 Å². The number of alkyl halides is 3. The lowest BCUT2D eigenvalue weighted by molar-refractivity contribution is -0.143. The summed E-state index contributed by atoms with van der Waals surface area (Å²) in [6.07, 6.45) is -4.17. The van der Waals surface area contributed by atoms with Gasteiger partial charge in [-0.25, -0.2) is 0 Å². The monoisotopic (exact) mass is 284 g/mol. The molecule has 1 aliphatic rings. The lowest BCUT2D eigenvalue weighted by Crippen LogP contribution is -2.22. The Balaban J connectivity index is 1.65. The van der Waals surface area contributed by atoms with E-state index in [1.165, 1.54) is 0 Å². The first-order chi connectivity index (χ1) is 9.51. The third-order valence-corrected chi connectivity index (χ3v) is 3.72. The zero-order valence-electron chi connectivity index (χ0n) is 10.9. The Labute approximate surface area is 114 Å². The Morgan fingerprint density at radius 3 is 2.90 bits per heavy atom. The molecule has 1 fully saturated rings. The van der Waals surface area contributed by atoms with Crippen LogP contribution in [-0.4, -0.2) is 29.3 Å². The van der Waals surface area contributed by atoms with Gasteiger partial charge in [0.15, 0.2) is 5.58 Å². The Morgan fingerprint density at radius 1 is 1.30 bits per heavy atom. The highest BCUT2D eigenvalue weighted by molar-refractivity contribution is 5.79. The van der Waals surface area contributed by atoms with Crippen molar-refractivity contribution < 1.29 is 17.7 Å². The van der Waals surface area contributed by atoms with Gasteiger partial charge >= 0.3 is 6.18 Å². The molecule has 1 saturated heterocycles. The van der Waals surface area contributed by atoms with Crippen molar-refractivity contribution in [1.82, 2.24) is 10.1 Å². The molecule has 0 aliphatic carbocycles. The van der Waals surface area contributed by atoms with Crippen LogP contribution in [0, 0.1) is 5.92 Å². The Bertz CT molecular complexity index is 593. The van der Waals surface area contributed by atoms with Gasteiger partial charge in [0.1, 0.15) is 5.69 Å². The molecule has 1 atom stereocenters. The van der Waals surface area contributed by atoms with Gasteiger partial charge in [-0.05, 0) is 31.0 Å². The van der Waals surface area contributed by atoms with Crippen LogP contribution in [0.4, 0.5) is 13.2 Å². The summed E-state index contributed by atoms with van der Waals surface area (Å²) in [6, 6.07) is 7.53. The van der Waals surface area contributed by atoms with Crippen molar-refractivity contribution in [2.75, 3.05) is 13.1 Å². The first-order valence-corrected chi connectivity index (χ1v) is 6.64. The van der Waals surface area contributed by atoms with E-state index in [0.29, 0.717) is 31.6 Å². The maximum atomic E-state index is 12.4. The standard InChI is InChI=1S/C14H15F3N2O/c15-14(16,17)7-10-5-6-19(8-10)9-12-11-3-1-2-4-13(11)20-18-12/h1-4,10H,5-9H2. The van der Waals surface area contributed by atoms with E-state index in [4.69, 9.17) is 4.52 Å². The summed E-state index contributed by atoms with van der Waals surface area (Å²) in [4.78, 5) is 2.01. The molecule has 1 aromatic carbocycles. The minimum Gasteiger partial charge on any atom is -0.356 e. The summed E-state index contributed by atoms with van der Waals surface area (Å²) < 4.78 is 42.3. The molecule has 6 heteroatoms. The van der Waals surface area contributed by atoms with Gasteiger partial charge in [0.2, 0.25) is 0 Å². The number of likely N-dealkylation sites (tertiary alicyclic amines) is 1. The Hall–Kier alpha value is -1.56. The van der Waals surface area contributed by atoms with Crippen LogP contribution >= 0.6 is 0 Å². The first kappa shape index (κ1) is 13.4. The highest BCUT2D eigenvalue weighted by Crippen LogP contribution is 2.31. The molecule has 0 N–H and O–H groups in total. The van der Waals surface area contributed by atoms with Crippen LogP contribution in [0.1, 0.15) is 18.5 Å². The number of benzene rings is 1. The molecule has 3 rings (SSSR count). The van der Waals surface area contributed by atoms with Gasteiger partial charge in [-0.2, -0.15) is 13.2 Å². The number of nitrogens with zero attached hydrogens (tertiary/aromatic N) is 2. The molecule has 0 spiro atoms. The van der Waals surface area contributed by atoms with Crippen LogP contribution < -0.4 is 0 Å². The van der Waals surface area contributed by atoms with Crippen LogP contribution in [0.5, 0.6) is 0 Å². The van der Waals surface area contributed by atoms with Crippen LogP contribution in [0.3, 0.4) is 0 Å². The fourth-order valence-electron chi connectivity index (χ4n) is 2.81. The fraction of sp³-hybridized carbons (Fsp3) is 0.500. The van der Waals surface area contributed by atoms with Gasteiger partial charge in [0.05, 0.1) is 0 Å². The summed E-state index contributed by atoms with van der Waals surface area (Å²) in [7, 11) is 0. The van der Waals surface area contributed by atoms with E-state index in [1.54, 1.807) is 0 Å². The minimum absolute atomic E-state index is 0.298. The predicted octanol–water partition coefficient (Wildman–Crippen LogP) is 3.60. The van der Waals surface area contributed by atoms with E-state index in [9.17, 15) is 13.2 Å². The third-order valence-electron chi connectivity index (χ3n) is 3.72. The molecule has 0 radical (unpaired) electrons. The molecule has 108 valence electrons. The normalized spacial score (nSPS) is 20.9. The third kappa shape index (κ3) is 2.95. The second-order valence-electron chi connectivity index (χ2n) is 5.33. The SMILES string of the molecule is FC(F)(F)CC1CCN(Cc2noc3ccccc23)C1. The lowest BCUT2D eigenvalue weighted by atomic mass is 10.1. The van der Waals surface area contributed by atoms with Crippen LogP contribution in [0.25, 0.3) is 11.0 Å². The molecule has 0 amide bonds. The van der Waals surface area contributed by atoms with Crippen molar-refractivity contribution in [3.05, 3.63) is 30.0 Å². The molecular weight excluding hydrogens is 269 g/mol. The van der Waals surface area contributed by atoms with Gasteiger partial charge in [-0.15, -0.1) is 0 Å². The number of rotatable bonds is 3. The maximum Gasteiger partial charge on any atom is 0.389 e. The van der Waals surface area contributed by atoms with E-state index in [0.717, 1.165) is 11.1 Å². The van der Waals surface area contributed by atoms with E-state index in [2.05, 4.69) is 5.16 Å². The van der Waals surface area contributed by atoms with Gasteiger partial charge in [-0.1, -0.05) is 17.3 Å². The average molecular weight is 284 g/mol. The molecule has 1 aliphatic heterocycles. The molecule has 1 unspecified atom stereocenters. The second-order valence-corrected chi connectivity index (χ2v) is 5.33. The number of halogens is 3. The fourth-order valence-corrected chi connectivity index (χ4v) is 2.81. The Kier molecular flexibility index (Phi) is 3.41. The summed E-state index contributed by atoms with van der Waals surface area (Å²) in [5.74, 6) is -0.298. The van der Waals surface area contributed by atoms with Crippen molar-refractivity contribution in [2.24, 2.45) is 5.92 Å². The number of hydrogen-bond acceptors (Lipinski definition) is 3. The molecule has 2 aromatic rings. The van der Waals surface area contributed by atoms with Gasteiger partial charge in [-0.3, -0.25) is 4.90 Å².